The zero-order chi connectivity index (χ0) is 104. The first-order valence-electron chi connectivity index (χ1n) is 49.1. The molecule has 42 heteroatoms. The number of piperidine rings is 1. The van der Waals surface area contributed by atoms with Gasteiger partial charge in [-0.25, -0.2) is 4.79 Å². The molecular formula is C99H156N8O34. The number of likely N-dealkylation sites (tertiary alicyclic amines) is 1. The van der Waals surface area contributed by atoms with E-state index in [-0.39, 0.29) is 198 Å². The molecule has 42 nitrogen and oxygen atoms in total. The van der Waals surface area contributed by atoms with Crippen molar-refractivity contribution in [1.29, 1.82) is 0 Å². The summed E-state index contributed by atoms with van der Waals surface area (Å²) in [6.07, 6.45) is 4.31. The molecule has 2 bridgehead atoms. The van der Waals surface area contributed by atoms with Crippen molar-refractivity contribution in [3.05, 3.63) is 70.9 Å². The molecule has 1 saturated carbocycles. The molecule has 4 fully saturated rings. The number of carbonyl (C=O) groups excluding carboxylic acids is 10. The minimum absolute atomic E-state index is 0.0328. The van der Waals surface area contributed by atoms with Crippen molar-refractivity contribution in [2.45, 2.75) is 286 Å². The van der Waals surface area contributed by atoms with Crippen molar-refractivity contribution in [3.63, 3.8) is 0 Å². The number of anilines is 1. The highest BCUT2D eigenvalue weighted by atomic mass is 16.7. The number of aromatic nitrogens is 1. The SMILES string of the molecule is CCC(CO)OC(CO)OC.CCC(CO)OC(COC(=O)CCCC(=O)NC(C)C(=O)OCCCNC(=O)[C@]1(O)C2N(C)c3cc(OC)c([C@@]4(C(=O)OC)CC5CN(CCc6c4[nH]c4ccccc64)CC(O)(CC)C5)cc3C23CCN2CC=C[C@](CC)(C23)[C@H]1O)OC.CCC(CO)OC(COC(=O)CCCC(=O)NCCN1C(=O)CC(C)C1=O)OC.CCC(CO)OC(COC(=O)CCCC(=O)O)OC. The molecule has 16 unspecified atom stereocenters. The Labute approximate surface area is 825 Å². The predicted octanol–water partition coefficient (Wildman–Crippen LogP) is 3.53. The number of nitrogens with zero attached hydrogens (tertiary/aromatic N) is 4. The molecule has 796 valence electrons. The Kier molecular flexibility index (Phi) is 48.6. The van der Waals surface area contributed by atoms with Gasteiger partial charge in [0.25, 0.3) is 5.91 Å². The molecule has 10 rings (SSSR count). The fourth-order valence-electron chi connectivity index (χ4n) is 20.1. The van der Waals surface area contributed by atoms with Crippen LogP contribution in [0.5, 0.6) is 5.75 Å². The van der Waals surface area contributed by atoms with Gasteiger partial charge in [0.15, 0.2) is 30.8 Å². The minimum atomic E-state index is -2.42. The number of nitrogens with one attached hydrogen (secondary N) is 4. The van der Waals surface area contributed by atoms with Gasteiger partial charge in [0.05, 0.1) is 89.9 Å². The molecule has 2 aromatic carbocycles. The zero-order valence-electron chi connectivity index (χ0n) is 84.6. The second-order valence-electron chi connectivity index (χ2n) is 36.8. The second kappa shape index (κ2) is 57.6. The van der Waals surface area contributed by atoms with Crippen LogP contribution in [0.25, 0.3) is 10.9 Å². The maximum Gasteiger partial charge on any atom is 0.328 e. The number of aliphatic hydroxyl groups is 8. The first-order valence-corrected chi connectivity index (χ1v) is 49.1. The number of hydrogen-bond donors (Lipinski definition) is 13. The van der Waals surface area contributed by atoms with E-state index in [0.717, 1.165) is 26.9 Å². The third kappa shape index (κ3) is 30.3. The van der Waals surface area contributed by atoms with Crippen LogP contribution in [0.2, 0.25) is 0 Å². The van der Waals surface area contributed by atoms with E-state index < -0.39 is 131 Å². The van der Waals surface area contributed by atoms with Gasteiger partial charge in [0.2, 0.25) is 23.6 Å². The van der Waals surface area contributed by atoms with E-state index in [1.54, 1.807) is 14.0 Å². The van der Waals surface area contributed by atoms with E-state index in [1.165, 1.54) is 42.5 Å². The Bertz CT molecular complexity index is 4510. The van der Waals surface area contributed by atoms with E-state index in [9.17, 15) is 63.6 Å². The van der Waals surface area contributed by atoms with Crippen LogP contribution in [0, 0.1) is 17.3 Å². The summed E-state index contributed by atoms with van der Waals surface area (Å²) in [6, 6.07) is 9.63. The van der Waals surface area contributed by atoms with E-state index in [4.69, 9.17) is 91.8 Å². The lowest BCUT2D eigenvalue weighted by molar-refractivity contribution is -0.203. The second-order valence-corrected chi connectivity index (χ2v) is 36.8. The molecule has 5 amide bonds. The number of methoxy groups -OCH3 is 6. The van der Waals surface area contributed by atoms with Gasteiger partial charge in [0.1, 0.15) is 43.1 Å². The maximum absolute atomic E-state index is 15.5. The quantitative estimate of drug-likeness (QED) is 0.00960. The van der Waals surface area contributed by atoms with Crippen molar-refractivity contribution in [1.82, 2.24) is 35.6 Å². The molecular weight excluding hydrogens is 1850 g/mol. The number of amides is 5. The Morgan fingerprint density at radius 2 is 1.16 bits per heavy atom. The van der Waals surface area contributed by atoms with E-state index in [1.807, 2.05) is 89.9 Å². The topological polar surface area (TPSA) is 564 Å². The summed E-state index contributed by atoms with van der Waals surface area (Å²) < 4.78 is 74.5. The number of carboxylic acid groups (broad SMARTS) is 1. The zero-order valence-corrected chi connectivity index (χ0v) is 84.6. The van der Waals surface area contributed by atoms with Crippen LogP contribution in [-0.4, -0.2) is 378 Å². The number of imide groups is 1. The molecule has 141 heavy (non-hydrogen) atoms. The smallest absolute Gasteiger partial charge is 0.328 e. The maximum atomic E-state index is 15.5. The van der Waals surface area contributed by atoms with Gasteiger partial charge in [-0.2, -0.15) is 0 Å². The number of ether oxygens (including phenoxy) is 14. The number of fused-ring (bicyclic) bond motifs is 6. The molecule has 7 aliphatic rings. The van der Waals surface area contributed by atoms with Crippen LogP contribution >= 0.6 is 0 Å². The summed E-state index contributed by atoms with van der Waals surface area (Å²) in [5.41, 5.74) is -2.33. The number of aromatic amines is 1. The highest BCUT2D eigenvalue weighted by Crippen LogP contribution is 2.68. The lowest BCUT2D eigenvalue weighted by Crippen LogP contribution is -2.81. The van der Waals surface area contributed by atoms with Gasteiger partial charge in [0, 0.05) is 183 Å². The molecule has 13 N–H and O–H groups in total. The van der Waals surface area contributed by atoms with Crippen molar-refractivity contribution in [3.8, 4) is 5.75 Å². The molecule has 3 aromatic rings. The molecule has 7 heterocycles. The molecule has 1 aliphatic carbocycles. The monoisotopic (exact) mass is 2000 g/mol. The lowest BCUT2D eigenvalue weighted by Gasteiger charge is -2.63. The molecule has 6 aliphatic heterocycles. The van der Waals surface area contributed by atoms with Crippen LogP contribution < -0.4 is 25.6 Å². The summed E-state index contributed by atoms with van der Waals surface area (Å²) in [6.45, 7) is 16.7. The van der Waals surface area contributed by atoms with Crippen LogP contribution in [0.1, 0.15) is 206 Å². The number of aliphatic hydroxyl groups excluding tert-OH is 6. The van der Waals surface area contributed by atoms with Crippen LogP contribution in [0.15, 0.2) is 48.6 Å². The minimum Gasteiger partial charge on any atom is -0.496 e. The number of carbonyl (C=O) groups is 11. The van der Waals surface area contributed by atoms with Crippen molar-refractivity contribution < 1.29 is 165 Å². The van der Waals surface area contributed by atoms with Crippen LogP contribution in [0.3, 0.4) is 0 Å². The fraction of sp³-hybridized carbons (Fsp3) is 0.727. The normalized spacial score (nSPS) is 25.0. The van der Waals surface area contributed by atoms with E-state index in [2.05, 4.69) is 42.9 Å². The van der Waals surface area contributed by atoms with Crippen LogP contribution in [-0.2, 0) is 132 Å². The predicted molar refractivity (Wildman–Crippen MR) is 510 cm³/mol. The molecule has 3 saturated heterocycles. The number of esters is 5. The number of benzene rings is 2. The number of carboxylic acids is 1. The van der Waals surface area contributed by atoms with E-state index in [0.29, 0.717) is 120 Å². The fourth-order valence-corrected chi connectivity index (χ4v) is 20.1. The van der Waals surface area contributed by atoms with Gasteiger partial charge >= 0.3 is 35.8 Å². The number of H-pyrrole nitrogens is 1. The standard InChI is InChI=1S/C61H86N6O15.C19H32N2O8.C12H22O7.C7H16O4/c1-9-39(34-68)82-49(78-7)35-81-48(70)20-14-19-47(69)63-37(4)51(71)80-28-16-24-62-55(73)61(76)53-59(23-27-67-25-15-22-58(11-3,52(59)67)54(61)72)42-29-43(46(77-6)30-45(42)65(53)5)60(56(74)79-8)32-38-31-57(75,10-2)36-66(33-38)26-21-41-40-17-12-13-18-44(40)64-50(41)60;1-4-14(11-22)29-18(27-3)12-28-17(25)7-5-6-15(23)20-8-9-21-16(24)10-13(2)19(21)26;1-3-9(7-13)19-12(17-2)8-18-11(16)6-4-5-10(14)15;1-3-6(4-8)11-7(5-9)10-2/h12-13,15,17-18,22,29-30,37-39,49,52-54,64,68,72,75-76H,9-11,14,16,19-21,23-28,31-36H2,1-8H3,(H,62,73)(H,63,69);13-14,18,22H,4-12H2,1-3H3,(H,20,23);9,12-13H,3-8H2,1-2H3,(H,14,15);6-9H,3-5H2,1-2H3/t37?,38?,39?,49?,52?,53?,54-,57?,58-,59?,60+,61+;;;/m1.../s1. The number of likely N-dealkylation sites (N-methyl/N-ethyl adjacent to an activating group) is 1. The Morgan fingerprint density at radius 3 is 1.66 bits per heavy atom. The molecule has 1 aromatic heterocycles. The molecule has 1 spiro atoms. The number of rotatable bonds is 54. The summed E-state index contributed by atoms with van der Waals surface area (Å²) in [5, 5.41) is 101. The van der Waals surface area contributed by atoms with Gasteiger partial charge in [-0.1, -0.05) is 78.8 Å². The van der Waals surface area contributed by atoms with Gasteiger partial charge in [-0.3, -0.25) is 62.6 Å². The Hall–Kier alpha value is -9.03. The average molecular weight is 2000 g/mol. The Balaban J connectivity index is 0.000000369. The molecule has 0 radical (unpaired) electrons. The third-order valence-electron chi connectivity index (χ3n) is 27.6. The van der Waals surface area contributed by atoms with Crippen LogP contribution in [0.4, 0.5) is 5.69 Å². The van der Waals surface area contributed by atoms with Gasteiger partial charge in [-0.05, 0) is 133 Å². The highest BCUT2D eigenvalue weighted by Gasteiger charge is 2.79. The summed E-state index contributed by atoms with van der Waals surface area (Å²) >= 11 is 0. The third-order valence-corrected chi connectivity index (χ3v) is 27.6. The lowest BCUT2D eigenvalue weighted by atomic mass is 9.47. The van der Waals surface area contributed by atoms with Crippen molar-refractivity contribution >= 4 is 81.9 Å². The van der Waals surface area contributed by atoms with E-state index >= 15 is 9.59 Å². The first-order chi connectivity index (χ1) is 67.4. The largest absolute Gasteiger partial charge is 0.496 e. The first kappa shape index (κ1) is 119. The number of aliphatic carboxylic acids is 1. The van der Waals surface area contributed by atoms with Crippen molar-refractivity contribution in [2.75, 3.05) is 166 Å². The summed E-state index contributed by atoms with van der Waals surface area (Å²) in [4.78, 5) is 149. The molecule has 20 atom stereocenters. The van der Waals surface area contributed by atoms with Gasteiger partial charge in [-0.15, -0.1) is 0 Å². The Morgan fingerprint density at radius 1 is 0.617 bits per heavy atom. The average Bonchev–Trinajstić information content (AvgIpc) is 1.48. The summed E-state index contributed by atoms with van der Waals surface area (Å²) in [7, 11) is 10.5. The number of hydrogen-bond acceptors (Lipinski definition) is 36. The van der Waals surface area contributed by atoms with Crippen molar-refractivity contribution in [2.24, 2.45) is 17.3 Å². The summed E-state index contributed by atoms with van der Waals surface area (Å²) in [5.74, 6) is -5.68. The highest BCUT2D eigenvalue weighted by molar-refractivity contribution is 6.03. The number of para-hydroxylation sites is 1. The van der Waals surface area contributed by atoms with Gasteiger partial charge < -0.3 is 138 Å².